The van der Waals surface area contributed by atoms with E-state index in [0.717, 1.165) is 18.9 Å². The van der Waals surface area contributed by atoms with Gasteiger partial charge in [0, 0.05) is 25.6 Å². The van der Waals surface area contributed by atoms with E-state index in [1.807, 2.05) is 30.4 Å². The van der Waals surface area contributed by atoms with Crippen molar-refractivity contribution in [3.05, 3.63) is 59.7 Å². The van der Waals surface area contributed by atoms with Crippen LogP contribution in [0, 0.1) is 0 Å². The van der Waals surface area contributed by atoms with Crippen molar-refractivity contribution >= 4 is 17.6 Å². The molecule has 2 aliphatic heterocycles. The summed E-state index contributed by atoms with van der Waals surface area (Å²) < 4.78 is 5.26. The van der Waals surface area contributed by atoms with E-state index in [-0.39, 0.29) is 42.6 Å². The molecular weight excluding hydrogens is 400 g/mol. The Kier molecular flexibility index (Phi) is 7.86. The second kappa shape index (κ2) is 11.0. The van der Waals surface area contributed by atoms with Crippen molar-refractivity contribution in [1.82, 2.24) is 4.90 Å². The maximum absolute atomic E-state index is 12.5. The molecule has 31 heavy (non-hydrogen) atoms. The minimum absolute atomic E-state index is 0.0286. The summed E-state index contributed by atoms with van der Waals surface area (Å²) in [5, 5.41) is 24.2. The molecule has 1 aromatic rings. The van der Waals surface area contributed by atoms with Crippen molar-refractivity contribution in [2.45, 2.75) is 25.7 Å². The molecule has 0 saturated heterocycles. The lowest BCUT2D eigenvalue weighted by Crippen LogP contribution is -2.31. The smallest absolute Gasteiger partial charge is 0.342 e. The molecule has 0 spiro atoms. The zero-order valence-electron chi connectivity index (χ0n) is 17.2. The fraction of sp³-hybridized carbons (Fsp3) is 0.348. The number of allylic oxidation sites excluding steroid dienone is 3. The van der Waals surface area contributed by atoms with Gasteiger partial charge in [0.05, 0.1) is 12.3 Å². The minimum atomic E-state index is -0.682. The lowest BCUT2D eigenvalue weighted by molar-refractivity contribution is -0.134. The zero-order valence-corrected chi connectivity index (χ0v) is 17.2. The number of hydrogen-bond acceptors (Lipinski definition) is 7. The number of aromatic hydroxyl groups is 2. The van der Waals surface area contributed by atoms with E-state index in [1.54, 1.807) is 11.0 Å². The Morgan fingerprint density at radius 3 is 2.61 bits per heavy atom. The number of ether oxygens (including phenoxy) is 1. The van der Waals surface area contributed by atoms with Gasteiger partial charge in [-0.1, -0.05) is 35.5 Å². The molecule has 2 aliphatic rings. The van der Waals surface area contributed by atoms with E-state index in [2.05, 4.69) is 5.16 Å². The quantitative estimate of drug-likeness (QED) is 0.437. The highest BCUT2D eigenvalue weighted by molar-refractivity contribution is 6.00. The van der Waals surface area contributed by atoms with Crippen LogP contribution in [0.3, 0.4) is 0 Å². The Bertz CT molecular complexity index is 924. The van der Waals surface area contributed by atoms with Gasteiger partial charge in [0.15, 0.2) is 6.61 Å². The summed E-state index contributed by atoms with van der Waals surface area (Å²) in [5.74, 6) is -1.42. The molecule has 0 atom stereocenters. The maximum Gasteiger partial charge on any atom is 0.342 e. The second-order valence-corrected chi connectivity index (χ2v) is 7.18. The number of phenolic OH excluding ortho intramolecular Hbond substituents is 2. The Hall–Kier alpha value is -3.55. The second-order valence-electron chi connectivity index (χ2n) is 7.18. The van der Waals surface area contributed by atoms with Crippen molar-refractivity contribution in [2.75, 3.05) is 26.3 Å². The number of esters is 1. The summed E-state index contributed by atoms with van der Waals surface area (Å²) in [6.07, 6.45) is 13.7. The van der Waals surface area contributed by atoms with Crippen LogP contribution >= 0.6 is 0 Å². The molecular formula is C23H26N2O6. The first-order chi connectivity index (χ1) is 15.0. The van der Waals surface area contributed by atoms with E-state index in [0.29, 0.717) is 30.8 Å². The van der Waals surface area contributed by atoms with E-state index >= 15 is 0 Å². The third-order valence-electron chi connectivity index (χ3n) is 4.80. The molecule has 0 unspecified atom stereocenters. The molecule has 0 aromatic heterocycles. The first-order valence-electron chi connectivity index (χ1n) is 10.2. The van der Waals surface area contributed by atoms with Gasteiger partial charge in [-0.2, -0.15) is 0 Å². The van der Waals surface area contributed by atoms with Gasteiger partial charge in [-0.25, -0.2) is 4.79 Å². The number of amides is 1. The van der Waals surface area contributed by atoms with Crippen LogP contribution in [-0.2, 0) is 20.8 Å². The fourth-order valence-electron chi connectivity index (χ4n) is 3.24. The Morgan fingerprint density at radius 1 is 1.06 bits per heavy atom. The minimum Gasteiger partial charge on any atom is -0.508 e. The van der Waals surface area contributed by atoms with Crippen LogP contribution in [-0.4, -0.2) is 59.0 Å². The zero-order chi connectivity index (χ0) is 22.1. The van der Waals surface area contributed by atoms with Crippen LogP contribution in [0.2, 0.25) is 0 Å². The van der Waals surface area contributed by atoms with E-state index in [9.17, 15) is 19.8 Å². The summed E-state index contributed by atoms with van der Waals surface area (Å²) >= 11 is 0. The maximum atomic E-state index is 12.5. The number of nitrogens with zero attached hydrogens (tertiary/aromatic N) is 2. The lowest BCUT2D eigenvalue weighted by Gasteiger charge is -2.14. The van der Waals surface area contributed by atoms with Gasteiger partial charge in [0.2, 0.25) is 0 Å². The number of hydrogen-bond donors (Lipinski definition) is 2. The van der Waals surface area contributed by atoms with Crippen molar-refractivity contribution in [3.8, 4) is 11.5 Å². The van der Waals surface area contributed by atoms with Gasteiger partial charge in [0.1, 0.15) is 17.1 Å². The summed E-state index contributed by atoms with van der Waals surface area (Å²) in [5.41, 5.74) is 0.753. The normalized spacial score (nSPS) is 20.6. The molecule has 0 radical (unpaired) electrons. The monoisotopic (exact) mass is 426 g/mol. The highest BCUT2D eigenvalue weighted by Crippen LogP contribution is 2.29. The molecule has 1 amide bonds. The average Bonchev–Trinajstić information content (AvgIpc) is 3.26. The van der Waals surface area contributed by atoms with Crippen molar-refractivity contribution < 1.29 is 29.4 Å². The summed E-state index contributed by atoms with van der Waals surface area (Å²) in [7, 11) is 0. The number of cyclic esters (lactones) is 1. The van der Waals surface area contributed by atoms with Crippen LogP contribution in [0.1, 0.15) is 35.2 Å². The van der Waals surface area contributed by atoms with Crippen LogP contribution in [0.15, 0.2) is 53.7 Å². The predicted molar refractivity (Wildman–Crippen MR) is 115 cm³/mol. The van der Waals surface area contributed by atoms with Crippen molar-refractivity contribution in [2.24, 2.45) is 5.16 Å². The van der Waals surface area contributed by atoms with Gasteiger partial charge < -0.3 is 24.7 Å². The molecule has 164 valence electrons. The predicted octanol–water partition coefficient (Wildman–Crippen LogP) is 2.86. The standard InChI is InChI=1S/C23H26N2O6/c26-19-14-17-13-18(24-31-16-21(28)25-10-6-7-11-25)9-5-3-1-2-4-8-12-30-23(29)22(17)20(27)15-19/h2,4-7,9,14-15,26-27H,1,3,8,10-13,16H2/b4-2+,9-5+,24-18-. The number of benzene rings is 1. The number of carbonyl (C=O) groups is 2. The molecule has 0 bridgehead atoms. The van der Waals surface area contributed by atoms with Gasteiger partial charge in [-0.15, -0.1) is 0 Å². The molecule has 2 N–H and O–H groups in total. The first kappa shape index (κ1) is 22.1. The Labute approximate surface area is 180 Å². The van der Waals surface area contributed by atoms with Crippen LogP contribution in [0.25, 0.3) is 0 Å². The first-order valence-corrected chi connectivity index (χ1v) is 10.2. The number of oxime groups is 1. The lowest BCUT2D eigenvalue weighted by atomic mass is 10.00. The molecule has 0 aliphatic carbocycles. The van der Waals surface area contributed by atoms with Gasteiger partial charge in [-0.05, 0) is 37.0 Å². The summed E-state index contributed by atoms with van der Waals surface area (Å²) in [4.78, 5) is 31.6. The molecule has 0 saturated carbocycles. The molecule has 3 rings (SSSR count). The number of fused-ring (bicyclic) bond motifs is 1. The Morgan fingerprint density at radius 2 is 1.81 bits per heavy atom. The molecule has 2 heterocycles. The average molecular weight is 426 g/mol. The highest BCUT2D eigenvalue weighted by atomic mass is 16.6. The van der Waals surface area contributed by atoms with Crippen LogP contribution in [0.4, 0.5) is 0 Å². The Balaban J connectivity index is 1.82. The van der Waals surface area contributed by atoms with E-state index in [1.165, 1.54) is 6.07 Å². The van der Waals surface area contributed by atoms with Crippen molar-refractivity contribution in [3.63, 3.8) is 0 Å². The van der Waals surface area contributed by atoms with Gasteiger partial charge in [-0.3, -0.25) is 4.79 Å². The topological polar surface area (TPSA) is 109 Å². The summed E-state index contributed by atoms with van der Waals surface area (Å²) in [6, 6.07) is 2.47. The molecule has 1 aromatic carbocycles. The molecule has 0 fully saturated rings. The highest BCUT2D eigenvalue weighted by Gasteiger charge is 2.21. The molecule has 8 nitrogen and oxygen atoms in total. The van der Waals surface area contributed by atoms with Crippen LogP contribution in [0.5, 0.6) is 11.5 Å². The number of rotatable bonds is 3. The van der Waals surface area contributed by atoms with Gasteiger partial charge in [0.25, 0.3) is 5.91 Å². The van der Waals surface area contributed by atoms with E-state index < -0.39 is 5.97 Å². The fourth-order valence-corrected chi connectivity index (χ4v) is 3.24. The van der Waals surface area contributed by atoms with E-state index in [4.69, 9.17) is 9.57 Å². The SMILES string of the molecule is O=C1OCC/C=C/CC/C=C/C(=N/OCC(=O)N2CC=CC2)Cc2cc(O)cc(O)c21. The number of carbonyl (C=O) groups excluding carboxylic acids is 2. The largest absolute Gasteiger partial charge is 0.508 e. The van der Waals surface area contributed by atoms with Gasteiger partial charge >= 0.3 is 5.97 Å². The third-order valence-corrected chi connectivity index (χ3v) is 4.80. The molecule has 8 heteroatoms. The van der Waals surface area contributed by atoms with Crippen LogP contribution < -0.4 is 0 Å². The summed E-state index contributed by atoms with van der Waals surface area (Å²) in [6.45, 7) is 1.09. The number of phenols is 2. The van der Waals surface area contributed by atoms with Crippen molar-refractivity contribution in [1.29, 1.82) is 0 Å². The third kappa shape index (κ3) is 6.47.